The van der Waals surface area contributed by atoms with Crippen molar-refractivity contribution in [3.63, 3.8) is 0 Å². The Kier molecular flexibility index (Phi) is 6.20. The zero-order valence-electron chi connectivity index (χ0n) is 15.1. The minimum absolute atomic E-state index is 0.0646. The number of halogens is 2. The van der Waals surface area contributed by atoms with Crippen LogP contribution >= 0.6 is 35.4 Å². The number of nitrogens with zero attached hydrogens (tertiary/aromatic N) is 1. The lowest BCUT2D eigenvalue weighted by atomic mass is 9.89. The molecule has 0 fully saturated rings. The van der Waals surface area contributed by atoms with Crippen LogP contribution in [0.25, 0.3) is 0 Å². The van der Waals surface area contributed by atoms with Gasteiger partial charge in [-0.1, -0.05) is 66.5 Å². The summed E-state index contributed by atoms with van der Waals surface area (Å²) in [6.07, 6.45) is 0.906. The van der Waals surface area contributed by atoms with E-state index in [1.807, 2.05) is 42.2 Å². The highest BCUT2D eigenvalue weighted by atomic mass is 35.5. The van der Waals surface area contributed by atoms with Gasteiger partial charge in [-0.3, -0.25) is 4.79 Å². The molecule has 0 bridgehead atoms. The van der Waals surface area contributed by atoms with Gasteiger partial charge in [0, 0.05) is 39.0 Å². The predicted octanol–water partition coefficient (Wildman–Crippen LogP) is 5.79. The van der Waals surface area contributed by atoms with E-state index in [1.165, 1.54) is 0 Å². The Morgan fingerprint density at radius 1 is 1.11 bits per heavy atom. The Morgan fingerprint density at radius 3 is 2.33 bits per heavy atom. The Balaban J connectivity index is 2.19. The van der Waals surface area contributed by atoms with Crippen LogP contribution in [0.3, 0.4) is 0 Å². The number of hydrogen-bond acceptors (Lipinski definition) is 2. The Labute approximate surface area is 175 Å². The van der Waals surface area contributed by atoms with Crippen molar-refractivity contribution in [3.8, 4) is 0 Å². The van der Waals surface area contributed by atoms with Crippen LogP contribution in [0.5, 0.6) is 0 Å². The first kappa shape index (κ1) is 19.9. The van der Waals surface area contributed by atoms with E-state index in [0.717, 1.165) is 18.7 Å². The normalized spacial score (nSPS) is 17.1. The molecule has 1 N–H and O–H groups in total. The summed E-state index contributed by atoms with van der Waals surface area (Å²) in [6.45, 7) is 4.73. The second-order valence-corrected chi connectivity index (χ2v) is 7.56. The van der Waals surface area contributed by atoms with Gasteiger partial charge in [0.15, 0.2) is 10.9 Å². The smallest absolute Gasteiger partial charge is 0.193 e. The van der Waals surface area contributed by atoms with Gasteiger partial charge in [-0.05, 0) is 37.7 Å². The van der Waals surface area contributed by atoms with E-state index in [9.17, 15) is 4.79 Å². The third kappa shape index (κ3) is 3.88. The summed E-state index contributed by atoms with van der Waals surface area (Å²) in [5, 5.41) is 4.86. The molecule has 6 heteroatoms. The fraction of sp³-hybridized carbons (Fsp3) is 0.238. The summed E-state index contributed by atoms with van der Waals surface area (Å²) in [4.78, 5) is 15.4. The number of Topliss-reactive ketones (excluding diaryl/α,β-unsaturated/α-hetero) is 1. The van der Waals surface area contributed by atoms with Crippen molar-refractivity contribution >= 4 is 46.3 Å². The molecular weight excluding hydrogens is 399 g/mol. The topological polar surface area (TPSA) is 32.3 Å². The Morgan fingerprint density at radius 2 is 1.74 bits per heavy atom. The number of benzene rings is 2. The first-order chi connectivity index (χ1) is 13.0. The predicted molar refractivity (Wildman–Crippen MR) is 115 cm³/mol. The van der Waals surface area contributed by atoms with Crippen molar-refractivity contribution < 1.29 is 4.79 Å². The number of carbonyl (C=O) groups is 1. The molecule has 1 unspecified atom stereocenters. The molecule has 0 saturated heterocycles. The summed E-state index contributed by atoms with van der Waals surface area (Å²) in [5.41, 5.74) is 2.72. The third-order valence-corrected chi connectivity index (χ3v) is 5.61. The van der Waals surface area contributed by atoms with Crippen molar-refractivity contribution in [2.24, 2.45) is 0 Å². The summed E-state index contributed by atoms with van der Waals surface area (Å²) in [6, 6.07) is 14.0. The number of hydrogen-bond donors (Lipinski definition) is 1. The minimum atomic E-state index is -0.500. The standard InChI is InChI=1S/C21H20Cl2N2OS/c1-3-12-25-13(2)17(20(26)14-8-5-4-6-9-14)19(24-21(25)27)18-15(22)10-7-11-16(18)23/h4-11,19H,3,12H2,1-2H3,(H,24,27). The first-order valence-corrected chi connectivity index (χ1v) is 9.94. The van der Waals surface area contributed by atoms with Crippen LogP contribution in [0.2, 0.25) is 10.0 Å². The van der Waals surface area contributed by atoms with Crippen molar-refractivity contribution in [2.45, 2.75) is 26.3 Å². The van der Waals surface area contributed by atoms with Crippen molar-refractivity contribution in [3.05, 3.63) is 81.0 Å². The highest BCUT2D eigenvalue weighted by Crippen LogP contribution is 2.39. The minimum Gasteiger partial charge on any atom is -0.351 e. The van der Waals surface area contributed by atoms with Gasteiger partial charge in [0.25, 0.3) is 0 Å². The molecule has 1 heterocycles. The Bertz CT molecular complexity index is 891. The number of allylic oxidation sites excluding steroid dienone is 1. The average molecular weight is 419 g/mol. The van der Waals surface area contributed by atoms with E-state index in [-0.39, 0.29) is 5.78 Å². The number of thiocarbonyl (C=S) groups is 1. The van der Waals surface area contributed by atoms with Gasteiger partial charge in [0.2, 0.25) is 0 Å². The maximum atomic E-state index is 13.4. The van der Waals surface area contributed by atoms with Crippen molar-refractivity contribution in [2.75, 3.05) is 6.54 Å². The van der Waals surface area contributed by atoms with Crippen LogP contribution in [-0.2, 0) is 0 Å². The molecule has 1 atom stereocenters. The van der Waals surface area contributed by atoms with E-state index in [2.05, 4.69) is 12.2 Å². The van der Waals surface area contributed by atoms with Crippen LogP contribution in [0.1, 0.15) is 42.2 Å². The van der Waals surface area contributed by atoms with E-state index in [4.69, 9.17) is 35.4 Å². The molecule has 0 radical (unpaired) electrons. The monoisotopic (exact) mass is 418 g/mol. The van der Waals surface area contributed by atoms with Gasteiger partial charge in [0.1, 0.15) is 0 Å². The molecule has 27 heavy (non-hydrogen) atoms. The zero-order valence-corrected chi connectivity index (χ0v) is 17.5. The molecule has 0 saturated carbocycles. The highest BCUT2D eigenvalue weighted by molar-refractivity contribution is 7.80. The van der Waals surface area contributed by atoms with Crippen LogP contribution < -0.4 is 5.32 Å². The van der Waals surface area contributed by atoms with E-state index in [1.54, 1.807) is 18.2 Å². The highest BCUT2D eigenvalue weighted by Gasteiger charge is 2.35. The molecule has 3 rings (SSSR count). The van der Waals surface area contributed by atoms with Gasteiger partial charge in [0.05, 0.1) is 6.04 Å². The third-order valence-electron chi connectivity index (χ3n) is 4.61. The molecule has 1 aliphatic heterocycles. The number of ketones is 1. The lowest BCUT2D eigenvalue weighted by Gasteiger charge is -2.38. The quantitative estimate of drug-likeness (QED) is 0.491. The second kappa shape index (κ2) is 8.42. The maximum absolute atomic E-state index is 13.4. The maximum Gasteiger partial charge on any atom is 0.193 e. The molecular formula is C21H20Cl2N2OS. The van der Waals surface area contributed by atoms with Crippen LogP contribution in [-0.4, -0.2) is 22.3 Å². The molecule has 0 aromatic heterocycles. The SMILES string of the molecule is CCCN1C(=S)NC(c2c(Cl)cccc2Cl)C(C(=O)c2ccccc2)=C1C. The summed E-state index contributed by atoms with van der Waals surface area (Å²) in [5.74, 6) is -0.0646. The van der Waals surface area contributed by atoms with Gasteiger partial charge < -0.3 is 10.2 Å². The summed E-state index contributed by atoms with van der Waals surface area (Å²) >= 11 is 18.5. The first-order valence-electron chi connectivity index (χ1n) is 8.78. The lowest BCUT2D eigenvalue weighted by molar-refractivity contribution is 0.102. The van der Waals surface area contributed by atoms with Crippen molar-refractivity contribution in [1.29, 1.82) is 0 Å². The Hall–Kier alpha value is -1.88. The summed E-state index contributed by atoms with van der Waals surface area (Å²) in [7, 11) is 0. The van der Waals surface area contributed by atoms with Gasteiger partial charge in [-0.25, -0.2) is 0 Å². The van der Waals surface area contributed by atoms with E-state index >= 15 is 0 Å². The molecule has 2 aromatic rings. The molecule has 140 valence electrons. The van der Waals surface area contributed by atoms with Crippen LogP contribution in [0.4, 0.5) is 0 Å². The van der Waals surface area contributed by atoms with Gasteiger partial charge >= 0.3 is 0 Å². The van der Waals surface area contributed by atoms with Crippen LogP contribution in [0.15, 0.2) is 59.8 Å². The average Bonchev–Trinajstić information content (AvgIpc) is 2.65. The number of carbonyl (C=O) groups excluding carboxylic acids is 1. The lowest BCUT2D eigenvalue weighted by Crippen LogP contribution is -2.48. The zero-order chi connectivity index (χ0) is 19.6. The molecule has 0 aliphatic carbocycles. The molecule has 3 nitrogen and oxygen atoms in total. The number of nitrogens with one attached hydrogen (secondary N) is 1. The van der Waals surface area contributed by atoms with Gasteiger partial charge in [-0.2, -0.15) is 0 Å². The number of rotatable bonds is 5. The molecule has 0 amide bonds. The molecule has 0 spiro atoms. The summed E-state index contributed by atoms with van der Waals surface area (Å²) < 4.78 is 0. The fourth-order valence-corrected chi connectivity index (χ4v) is 4.28. The fourth-order valence-electron chi connectivity index (χ4n) is 3.32. The van der Waals surface area contributed by atoms with Crippen LogP contribution in [0, 0.1) is 0 Å². The largest absolute Gasteiger partial charge is 0.351 e. The molecule has 1 aliphatic rings. The van der Waals surface area contributed by atoms with Gasteiger partial charge in [-0.15, -0.1) is 0 Å². The van der Waals surface area contributed by atoms with E-state index < -0.39 is 6.04 Å². The second-order valence-electron chi connectivity index (χ2n) is 6.36. The molecule has 2 aromatic carbocycles. The van der Waals surface area contributed by atoms with E-state index in [0.29, 0.717) is 31.9 Å². The van der Waals surface area contributed by atoms with Crippen molar-refractivity contribution in [1.82, 2.24) is 10.2 Å².